The van der Waals surface area contributed by atoms with Crippen LogP contribution in [-0.2, 0) is 9.59 Å². The third kappa shape index (κ3) is 3.98. The van der Waals surface area contributed by atoms with Crippen LogP contribution in [0.25, 0.3) is 0 Å². The summed E-state index contributed by atoms with van der Waals surface area (Å²) >= 11 is 0. The Kier molecular flexibility index (Phi) is 4.63. The summed E-state index contributed by atoms with van der Waals surface area (Å²) in [5, 5.41) is 2.37. The Bertz CT molecular complexity index is 416. The molecule has 2 aliphatic rings. The number of alkyl halides is 3. The highest BCUT2D eigenvalue weighted by molar-refractivity contribution is 5.99. The van der Waals surface area contributed by atoms with E-state index in [9.17, 15) is 22.8 Å². The van der Waals surface area contributed by atoms with Gasteiger partial charge in [-0.1, -0.05) is 19.8 Å². The minimum atomic E-state index is -4.18. The van der Waals surface area contributed by atoms with Crippen LogP contribution in [0.5, 0.6) is 0 Å². The van der Waals surface area contributed by atoms with Crippen molar-refractivity contribution in [2.75, 3.05) is 0 Å². The third-order valence-corrected chi connectivity index (χ3v) is 4.94. The highest BCUT2D eigenvalue weighted by Crippen LogP contribution is 2.48. The molecule has 1 saturated heterocycles. The van der Waals surface area contributed by atoms with Crippen molar-refractivity contribution in [2.24, 2.45) is 17.3 Å². The Morgan fingerprint density at radius 3 is 2.43 bits per heavy atom. The van der Waals surface area contributed by atoms with E-state index in [0.717, 1.165) is 25.7 Å². The van der Waals surface area contributed by atoms with Crippen molar-refractivity contribution in [2.45, 2.75) is 64.5 Å². The molecular formula is C15H22F3NO2. The molecule has 0 bridgehead atoms. The molecule has 1 saturated carbocycles. The van der Waals surface area contributed by atoms with Gasteiger partial charge in [0.2, 0.25) is 11.8 Å². The molecule has 1 heterocycles. The monoisotopic (exact) mass is 305 g/mol. The van der Waals surface area contributed by atoms with Crippen molar-refractivity contribution in [3.8, 4) is 0 Å². The lowest BCUT2D eigenvalue weighted by molar-refractivity contribution is -0.147. The molecule has 1 N–H and O–H groups in total. The van der Waals surface area contributed by atoms with Crippen molar-refractivity contribution in [3.63, 3.8) is 0 Å². The topological polar surface area (TPSA) is 46.2 Å². The lowest BCUT2D eigenvalue weighted by Crippen LogP contribution is -2.53. The maximum Gasteiger partial charge on any atom is 0.389 e. The summed E-state index contributed by atoms with van der Waals surface area (Å²) in [6.07, 6.45) is -0.658. The lowest BCUT2D eigenvalue weighted by atomic mass is 9.63. The standard InChI is InChI=1S/C15H22F3NO2/c1-14(7-4-8-15(16,17)18)9-11(20)19-13(21)12(14)10-5-2-3-6-10/h10,12H,2-9H2,1H3,(H,19,20,21). The van der Waals surface area contributed by atoms with E-state index in [1.165, 1.54) is 0 Å². The average Bonchev–Trinajstić information content (AvgIpc) is 2.78. The minimum absolute atomic E-state index is 0.0240. The van der Waals surface area contributed by atoms with Crippen LogP contribution in [0, 0.1) is 17.3 Å². The zero-order valence-electron chi connectivity index (χ0n) is 12.3. The van der Waals surface area contributed by atoms with Crippen molar-refractivity contribution in [3.05, 3.63) is 0 Å². The number of imide groups is 1. The Balaban J connectivity index is 2.09. The van der Waals surface area contributed by atoms with Crippen LogP contribution in [0.4, 0.5) is 13.2 Å². The van der Waals surface area contributed by atoms with Gasteiger partial charge in [-0.15, -0.1) is 0 Å². The first-order valence-corrected chi connectivity index (χ1v) is 7.62. The van der Waals surface area contributed by atoms with Gasteiger partial charge in [0.15, 0.2) is 0 Å². The quantitative estimate of drug-likeness (QED) is 0.807. The molecule has 2 unspecified atom stereocenters. The first-order valence-electron chi connectivity index (χ1n) is 7.62. The number of carbonyl (C=O) groups excluding carboxylic acids is 2. The number of amides is 2. The van der Waals surface area contributed by atoms with Gasteiger partial charge in [0.25, 0.3) is 0 Å². The van der Waals surface area contributed by atoms with E-state index >= 15 is 0 Å². The van der Waals surface area contributed by atoms with Crippen LogP contribution in [0.15, 0.2) is 0 Å². The van der Waals surface area contributed by atoms with Gasteiger partial charge in [0.1, 0.15) is 0 Å². The Morgan fingerprint density at radius 1 is 1.24 bits per heavy atom. The van der Waals surface area contributed by atoms with Gasteiger partial charge in [0, 0.05) is 18.8 Å². The smallest absolute Gasteiger partial charge is 0.296 e. The molecule has 0 radical (unpaired) electrons. The summed E-state index contributed by atoms with van der Waals surface area (Å²) < 4.78 is 37.0. The van der Waals surface area contributed by atoms with Gasteiger partial charge in [0.05, 0.1) is 0 Å². The Morgan fingerprint density at radius 2 is 1.86 bits per heavy atom. The lowest BCUT2D eigenvalue weighted by Gasteiger charge is -2.43. The van der Waals surface area contributed by atoms with Crippen molar-refractivity contribution in [1.82, 2.24) is 5.32 Å². The van der Waals surface area contributed by atoms with E-state index in [1.807, 2.05) is 6.92 Å². The van der Waals surface area contributed by atoms with Crippen LogP contribution in [0.3, 0.4) is 0 Å². The zero-order valence-corrected chi connectivity index (χ0v) is 12.3. The maximum absolute atomic E-state index is 12.3. The molecule has 2 amide bonds. The summed E-state index contributed by atoms with van der Waals surface area (Å²) in [5.41, 5.74) is -0.639. The van der Waals surface area contributed by atoms with E-state index in [1.54, 1.807) is 0 Å². The summed E-state index contributed by atoms with van der Waals surface area (Å²) in [6.45, 7) is 1.81. The van der Waals surface area contributed by atoms with E-state index in [0.29, 0.717) is 0 Å². The van der Waals surface area contributed by atoms with Gasteiger partial charge in [-0.25, -0.2) is 0 Å². The molecule has 0 aromatic rings. The van der Waals surface area contributed by atoms with Crippen molar-refractivity contribution >= 4 is 11.8 Å². The zero-order chi connectivity index (χ0) is 15.7. The summed E-state index contributed by atoms with van der Waals surface area (Å²) in [7, 11) is 0. The first kappa shape index (κ1) is 16.3. The number of hydrogen-bond acceptors (Lipinski definition) is 2. The van der Waals surface area contributed by atoms with Crippen LogP contribution in [-0.4, -0.2) is 18.0 Å². The summed E-state index contributed by atoms with van der Waals surface area (Å²) in [6, 6.07) is 0. The molecule has 6 heteroatoms. The number of hydrogen-bond donors (Lipinski definition) is 1. The number of rotatable bonds is 4. The van der Waals surface area contributed by atoms with Crippen molar-refractivity contribution in [1.29, 1.82) is 0 Å². The molecule has 1 aliphatic heterocycles. The normalized spacial score (nSPS) is 31.5. The Labute approximate surface area is 122 Å². The fourth-order valence-corrected chi connectivity index (χ4v) is 4.06. The van der Waals surface area contributed by atoms with Crippen LogP contribution in [0.2, 0.25) is 0 Å². The molecule has 2 rings (SSSR count). The van der Waals surface area contributed by atoms with Gasteiger partial charge >= 0.3 is 6.18 Å². The average molecular weight is 305 g/mol. The largest absolute Gasteiger partial charge is 0.389 e. The molecule has 1 aliphatic carbocycles. The highest BCUT2D eigenvalue weighted by atomic mass is 19.4. The van der Waals surface area contributed by atoms with Crippen LogP contribution in [0.1, 0.15) is 58.3 Å². The third-order valence-electron chi connectivity index (χ3n) is 4.94. The van der Waals surface area contributed by atoms with E-state index in [-0.39, 0.29) is 42.9 Å². The highest BCUT2D eigenvalue weighted by Gasteiger charge is 2.49. The van der Waals surface area contributed by atoms with Gasteiger partial charge in [-0.3, -0.25) is 14.9 Å². The Hall–Kier alpha value is -1.07. The first-order chi connectivity index (χ1) is 9.71. The summed E-state index contributed by atoms with van der Waals surface area (Å²) in [5.74, 6) is -0.767. The maximum atomic E-state index is 12.3. The second-order valence-corrected chi connectivity index (χ2v) is 6.73. The molecule has 21 heavy (non-hydrogen) atoms. The second kappa shape index (κ2) is 5.97. The van der Waals surface area contributed by atoms with Gasteiger partial charge < -0.3 is 0 Å². The van der Waals surface area contributed by atoms with E-state index in [2.05, 4.69) is 5.32 Å². The fourth-order valence-electron chi connectivity index (χ4n) is 4.06. The van der Waals surface area contributed by atoms with Crippen molar-refractivity contribution < 1.29 is 22.8 Å². The van der Waals surface area contributed by atoms with E-state index < -0.39 is 18.0 Å². The minimum Gasteiger partial charge on any atom is -0.296 e. The van der Waals surface area contributed by atoms with Crippen LogP contribution < -0.4 is 5.32 Å². The summed E-state index contributed by atoms with van der Waals surface area (Å²) in [4.78, 5) is 23.9. The SMILES string of the molecule is CC1(CCCC(F)(F)F)CC(=O)NC(=O)C1C1CCCC1. The molecule has 0 aromatic heterocycles. The number of halogens is 3. The number of nitrogens with one attached hydrogen (secondary N) is 1. The molecule has 2 atom stereocenters. The molecule has 0 aromatic carbocycles. The predicted octanol–water partition coefficient (Wildman–Crippen LogP) is 3.58. The molecule has 0 spiro atoms. The fraction of sp³-hybridized carbons (Fsp3) is 0.867. The van der Waals surface area contributed by atoms with Gasteiger partial charge in [-0.05, 0) is 37.0 Å². The molecule has 3 nitrogen and oxygen atoms in total. The van der Waals surface area contributed by atoms with Crippen LogP contribution >= 0.6 is 0 Å². The second-order valence-electron chi connectivity index (χ2n) is 6.73. The van der Waals surface area contributed by atoms with Gasteiger partial charge in [-0.2, -0.15) is 13.2 Å². The molecular weight excluding hydrogens is 283 g/mol. The number of piperidine rings is 1. The number of carbonyl (C=O) groups is 2. The van der Waals surface area contributed by atoms with E-state index in [4.69, 9.17) is 0 Å². The molecule has 120 valence electrons. The molecule has 2 fully saturated rings. The predicted molar refractivity (Wildman–Crippen MR) is 71.2 cm³/mol.